The number of rotatable bonds is 5. The van der Waals surface area contributed by atoms with Crippen LogP contribution in [0.3, 0.4) is 0 Å². The summed E-state index contributed by atoms with van der Waals surface area (Å²) in [5.41, 5.74) is 0.762. The molecule has 28 heavy (non-hydrogen) atoms. The number of nitrogens with one attached hydrogen (secondary N) is 1. The average Bonchev–Trinajstić information content (AvgIpc) is 3.33. The number of carboxylic acid groups (broad SMARTS) is 1. The van der Waals surface area contributed by atoms with E-state index in [0.29, 0.717) is 51.7 Å². The lowest BCUT2D eigenvalue weighted by Crippen LogP contribution is -2.52. The summed E-state index contributed by atoms with van der Waals surface area (Å²) in [6.45, 7) is 1.12. The Morgan fingerprint density at radius 2 is 1.68 bits per heavy atom. The van der Waals surface area contributed by atoms with Crippen LogP contribution in [0.4, 0.5) is 4.79 Å². The van der Waals surface area contributed by atoms with E-state index in [9.17, 15) is 29.7 Å². The van der Waals surface area contributed by atoms with E-state index in [4.69, 9.17) is 0 Å². The van der Waals surface area contributed by atoms with Gasteiger partial charge in [-0.25, -0.2) is 4.79 Å². The van der Waals surface area contributed by atoms with Crippen molar-refractivity contribution in [2.45, 2.75) is 44.2 Å². The van der Waals surface area contributed by atoms with Gasteiger partial charge < -0.3 is 25.5 Å². The van der Waals surface area contributed by atoms with Crippen LogP contribution >= 0.6 is 0 Å². The first kappa shape index (κ1) is 19.8. The SMILES string of the molecule is O=C(NCCc1ccc(O)c(O)c1)[C@@H]1CCCN1C(=O)C1CCCN1C(=O)O. The topological polar surface area (TPSA) is 130 Å². The minimum atomic E-state index is -1.10. The van der Waals surface area contributed by atoms with Crippen LogP contribution in [0, 0.1) is 0 Å². The van der Waals surface area contributed by atoms with Gasteiger partial charge in [-0.1, -0.05) is 6.07 Å². The van der Waals surface area contributed by atoms with Gasteiger partial charge in [-0.2, -0.15) is 0 Å². The lowest BCUT2D eigenvalue weighted by molar-refractivity contribution is -0.141. The van der Waals surface area contributed by atoms with Gasteiger partial charge >= 0.3 is 6.09 Å². The van der Waals surface area contributed by atoms with E-state index in [1.54, 1.807) is 6.07 Å². The summed E-state index contributed by atoms with van der Waals surface area (Å²) in [7, 11) is 0. The van der Waals surface area contributed by atoms with Crippen molar-refractivity contribution in [1.29, 1.82) is 0 Å². The van der Waals surface area contributed by atoms with Crippen LogP contribution in [-0.2, 0) is 16.0 Å². The summed E-state index contributed by atoms with van der Waals surface area (Å²) in [4.78, 5) is 39.4. The predicted molar refractivity (Wildman–Crippen MR) is 99.0 cm³/mol. The molecule has 0 saturated carbocycles. The Kier molecular flexibility index (Phi) is 5.91. The Balaban J connectivity index is 1.56. The maximum Gasteiger partial charge on any atom is 0.407 e. The van der Waals surface area contributed by atoms with Crippen molar-refractivity contribution in [2.75, 3.05) is 19.6 Å². The third-order valence-corrected chi connectivity index (χ3v) is 5.37. The molecule has 9 nitrogen and oxygen atoms in total. The van der Waals surface area contributed by atoms with Crippen molar-refractivity contribution in [3.8, 4) is 11.5 Å². The van der Waals surface area contributed by atoms with E-state index >= 15 is 0 Å². The normalized spacial score (nSPS) is 21.7. The highest BCUT2D eigenvalue weighted by Gasteiger charge is 2.42. The highest BCUT2D eigenvalue weighted by molar-refractivity contribution is 5.92. The van der Waals surface area contributed by atoms with Crippen LogP contribution in [0.25, 0.3) is 0 Å². The van der Waals surface area contributed by atoms with E-state index in [1.165, 1.54) is 17.0 Å². The molecule has 0 radical (unpaired) electrons. The van der Waals surface area contributed by atoms with Crippen molar-refractivity contribution in [2.24, 2.45) is 0 Å². The standard InChI is InChI=1S/C19H25N3O6/c23-15-6-5-12(11-16(15)24)7-8-20-17(25)13-3-1-9-21(13)18(26)14-4-2-10-22(14)19(27)28/h5-6,11,13-14,23-24H,1-4,7-10H2,(H,20,25)(H,27,28)/t13-,14?/m0/s1. The highest BCUT2D eigenvalue weighted by Crippen LogP contribution is 2.26. The van der Waals surface area contributed by atoms with Gasteiger partial charge in [-0.15, -0.1) is 0 Å². The molecule has 0 aliphatic carbocycles. The molecule has 2 atom stereocenters. The molecule has 2 aliphatic heterocycles. The molecular formula is C19H25N3O6. The number of phenolic OH excluding ortho intramolecular Hbond substituents is 2. The molecule has 2 saturated heterocycles. The second-order valence-corrected chi connectivity index (χ2v) is 7.19. The van der Waals surface area contributed by atoms with Gasteiger partial charge in [0, 0.05) is 19.6 Å². The molecule has 2 fully saturated rings. The Bertz CT molecular complexity index is 768. The predicted octanol–water partition coefficient (Wildman–Crippen LogP) is 0.890. The number of hydrogen-bond acceptors (Lipinski definition) is 5. The van der Waals surface area contributed by atoms with E-state index in [0.717, 1.165) is 10.5 Å². The maximum atomic E-state index is 12.8. The van der Waals surface area contributed by atoms with Crippen molar-refractivity contribution in [3.05, 3.63) is 23.8 Å². The quantitative estimate of drug-likeness (QED) is 0.552. The van der Waals surface area contributed by atoms with Crippen molar-refractivity contribution in [1.82, 2.24) is 15.1 Å². The fourth-order valence-corrected chi connectivity index (χ4v) is 3.92. The number of hydrogen-bond donors (Lipinski definition) is 4. The van der Waals surface area contributed by atoms with Gasteiger partial charge in [0.1, 0.15) is 12.1 Å². The third kappa shape index (κ3) is 4.13. The molecule has 3 amide bonds. The van der Waals surface area contributed by atoms with Gasteiger partial charge in [-0.05, 0) is 49.8 Å². The first-order chi connectivity index (χ1) is 13.4. The fraction of sp³-hybridized carbons (Fsp3) is 0.526. The molecule has 0 bridgehead atoms. The Hall–Kier alpha value is -2.97. The van der Waals surface area contributed by atoms with Gasteiger partial charge in [0.2, 0.25) is 11.8 Å². The minimum absolute atomic E-state index is 0.199. The van der Waals surface area contributed by atoms with Crippen LogP contribution < -0.4 is 5.32 Å². The van der Waals surface area contributed by atoms with Crippen molar-refractivity contribution in [3.63, 3.8) is 0 Å². The molecule has 1 aromatic rings. The van der Waals surface area contributed by atoms with Gasteiger partial charge in [0.15, 0.2) is 11.5 Å². The minimum Gasteiger partial charge on any atom is -0.504 e. The van der Waals surface area contributed by atoms with E-state index in [-0.39, 0.29) is 23.3 Å². The van der Waals surface area contributed by atoms with E-state index < -0.39 is 18.2 Å². The zero-order valence-corrected chi connectivity index (χ0v) is 15.5. The summed E-state index contributed by atoms with van der Waals surface area (Å²) < 4.78 is 0. The summed E-state index contributed by atoms with van der Waals surface area (Å²) in [6, 6.07) is 3.20. The smallest absolute Gasteiger partial charge is 0.407 e. The fourth-order valence-electron chi connectivity index (χ4n) is 3.92. The summed E-state index contributed by atoms with van der Waals surface area (Å²) in [6.07, 6.45) is 1.75. The zero-order chi connectivity index (χ0) is 20.3. The average molecular weight is 391 g/mol. The third-order valence-electron chi connectivity index (χ3n) is 5.37. The number of benzene rings is 1. The molecule has 1 aromatic carbocycles. The van der Waals surface area contributed by atoms with Gasteiger partial charge in [-0.3, -0.25) is 14.5 Å². The lowest BCUT2D eigenvalue weighted by Gasteiger charge is -2.29. The number of carbonyl (C=O) groups excluding carboxylic acids is 2. The van der Waals surface area contributed by atoms with Crippen LogP contribution in [-0.4, -0.2) is 74.7 Å². The Morgan fingerprint density at radius 1 is 1.00 bits per heavy atom. The first-order valence-electron chi connectivity index (χ1n) is 9.47. The van der Waals surface area contributed by atoms with E-state index in [1.807, 2.05) is 0 Å². The number of amides is 3. The molecule has 0 aromatic heterocycles. The second-order valence-electron chi connectivity index (χ2n) is 7.19. The molecular weight excluding hydrogens is 366 g/mol. The number of aromatic hydroxyl groups is 2. The molecule has 1 unspecified atom stereocenters. The van der Waals surface area contributed by atoms with Gasteiger partial charge in [0.05, 0.1) is 0 Å². The molecule has 2 aliphatic rings. The molecule has 3 rings (SSSR count). The molecule has 2 heterocycles. The van der Waals surface area contributed by atoms with Crippen LogP contribution in [0.15, 0.2) is 18.2 Å². The molecule has 9 heteroatoms. The number of phenols is 2. The maximum absolute atomic E-state index is 12.8. The Morgan fingerprint density at radius 3 is 2.36 bits per heavy atom. The van der Waals surface area contributed by atoms with Crippen molar-refractivity contribution < 1.29 is 29.7 Å². The number of likely N-dealkylation sites (tertiary alicyclic amines) is 2. The van der Waals surface area contributed by atoms with Crippen LogP contribution in [0.2, 0.25) is 0 Å². The zero-order valence-electron chi connectivity index (χ0n) is 15.5. The lowest BCUT2D eigenvalue weighted by atomic mass is 10.1. The summed E-state index contributed by atoms with van der Waals surface area (Å²) in [5.74, 6) is -0.958. The Labute approximate surface area is 162 Å². The summed E-state index contributed by atoms with van der Waals surface area (Å²) >= 11 is 0. The number of nitrogens with zero attached hydrogens (tertiary/aromatic N) is 2. The molecule has 152 valence electrons. The van der Waals surface area contributed by atoms with Crippen molar-refractivity contribution >= 4 is 17.9 Å². The monoisotopic (exact) mass is 391 g/mol. The van der Waals surface area contributed by atoms with Gasteiger partial charge in [0.25, 0.3) is 0 Å². The first-order valence-corrected chi connectivity index (χ1v) is 9.47. The van der Waals surface area contributed by atoms with Crippen LogP contribution in [0.5, 0.6) is 11.5 Å². The van der Waals surface area contributed by atoms with Crippen LogP contribution in [0.1, 0.15) is 31.2 Å². The summed E-state index contributed by atoms with van der Waals surface area (Å²) in [5, 5.41) is 30.9. The van der Waals surface area contributed by atoms with E-state index in [2.05, 4.69) is 5.32 Å². The highest BCUT2D eigenvalue weighted by atomic mass is 16.4. The molecule has 4 N–H and O–H groups in total. The second kappa shape index (κ2) is 8.37. The number of carbonyl (C=O) groups is 3. The largest absolute Gasteiger partial charge is 0.504 e. The molecule has 0 spiro atoms.